The van der Waals surface area contributed by atoms with Crippen LogP contribution in [0.25, 0.3) is 0 Å². The minimum absolute atomic E-state index is 0. The second kappa shape index (κ2) is 8.42. The molecule has 0 aromatic heterocycles. The number of methoxy groups -OCH3 is 1. The van der Waals surface area contributed by atoms with Crippen molar-refractivity contribution < 1.29 is 9.84 Å². The highest BCUT2D eigenvalue weighted by Gasteiger charge is 2.23. The Balaban J connectivity index is 0.00000242. The van der Waals surface area contributed by atoms with Crippen molar-refractivity contribution >= 4 is 12.4 Å². The van der Waals surface area contributed by atoms with E-state index in [9.17, 15) is 5.11 Å². The van der Waals surface area contributed by atoms with Crippen molar-refractivity contribution in [1.29, 1.82) is 0 Å². The molecule has 0 aliphatic carbocycles. The Labute approximate surface area is 139 Å². The van der Waals surface area contributed by atoms with Crippen molar-refractivity contribution in [3.05, 3.63) is 35.9 Å². The second-order valence-electron chi connectivity index (χ2n) is 5.89. The highest BCUT2D eigenvalue weighted by molar-refractivity contribution is 5.85. The van der Waals surface area contributed by atoms with Gasteiger partial charge in [0.05, 0.1) is 7.11 Å². The van der Waals surface area contributed by atoms with Crippen LogP contribution < -0.4 is 10.1 Å². The van der Waals surface area contributed by atoms with Gasteiger partial charge in [0.2, 0.25) is 0 Å². The third-order valence-corrected chi connectivity index (χ3v) is 4.08. The van der Waals surface area contributed by atoms with Crippen molar-refractivity contribution in [3.63, 3.8) is 0 Å². The molecule has 2 N–H and O–H groups in total. The maximum absolute atomic E-state index is 10.1. The summed E-state index contributed by atoms with van der Waals surface area (Å²) in [5.74, 6) is 0.767. The highest BCUT2D eigenvalue weighted by Crippen LogP contribution is 2.32. The summed E-state index contributed by atoms with van der Waals surface area (Å²) in [4.78, 5) is 2.46. The van der Waals surface area contributed by atoms with Crippen molar-refractivity contribution in [2.75, 3.05) is 20.2 Å². The minimum Gasteiger partial charge on any atom is -0.504 e. The molecule has 0 spiro atoms. The van der Waals surface area contributed by atoms with Crippen LogP contribution in [0.3, 0.4) is 0 Å². The molecule has 2 rings (SSSR count). The maximum atomic E-state index is 10.1. The number of ether oxygens (including phenoxy) is 1. The maximum Gasteiger partial charge on any atom is 0.161 e. The van der Waals surface area contributed by atoms with Crippen LogP contribution in [0.1, 0.15) is 25.0 Å². The van der Waals surface area contributed by atoms with E-state index in [1.165, 1.54) is 5.56 Å². The molecule has 0 saturated carbocycles. The average molecular weight is 327 g/mol. The van der Waals surface area contributed by atoms with Gasteiger partial charge in [0.25, 0.3) is 0 Å². The molecule has 1 aliphatic rings. The lowest BCUT2D eigenvalue weighted by atomic mass is 10.0. The van der Waals surface area contributed by atoms with Gasteiger partial charge >= 0.3 is 0 Å². The molecule has 2 atom stereocenters. The molecule has 5 heteroatoms. The zero-order chi connectivity index (χ0) is 15.4. The van der Waals surface area contributed by atoms with E-state index in [0.29, 0.717) is 24.3 Å². The lowest BCUT2D eigenvalue weighted by Gasteiger charge is -2.37. The molecule has 4 nitrogen and oxygen atoms in total. The first-order valence-electron chi connectivity index (χ1n) is 7.52. The van der Waals surface area contributed by atoms with Crippen molar-refractivity contribution in [3.8, 4) is 11.5 Å². The number of halogens is 1. The van der Waals surface area contributed by atoms with E-state index in [2.05, 4.69) is 36.7 Å². The van der Waals surface area contributed by atoms with Crippen LogP contribution in [0.4, 0.5) is 0 Å². The fourth-order valence-corrected chi connectivity index (χ4v) is 2.84. The average Bonchev–Trinajstić information content (AvgIpc) is 2.46. The molecule has 1 aromatic rings. The van der Waals surface area contributed by atoms with Gasteiger partial charge in [-0.15, -0.1) is 19.0 Å². The molecule has 0 bridgehead atoms. The zero-order valence-electron chi connectivity index (χ0n) is 13.6. The first-order valence-corrected chi connectivity index (χ1v) is 7.52. The van der Waals surface area contributed by atoms with Crippen LogP contribution in [0, 0.1) is 0 Å². The van der Waals surface area contributed by atoms with Crippen molar-refractivity contribution in [1.82, 2.24) is 10.2 Å². The molecule has 2 unspecified atom stereocenters. The van der Waals surface area contributed by atoms with E-state index in [4.69, 9.17) is 4.74 Å². The Bertz CT molecular complexity index is 508. The molecule has 1 aliphatic heterocycles. The van der Waals surface area contributed by atoms with E-state index < -0.39 is 0 Å². The van der Waals surface area contributed by atoms with Crippen LogP contribution in [0.15, 0.2) is 24.8 Å². The highest BCUT2D eigenvalue weighted by atomic mass is 35.5. The van der Waals surface area contributed by atoms with E-state index in [-0.39, 0.29) is 18.2 Å². The van der Waals surface area contributed by atoms with Crippen molar-refractivity contribution in [2.24, 2.45) is 0 Å². The quantitative estimate of drug-likeness (QED) is 0.817. The number of phenolic OH excluding ortho intramolecular Hbond substituents is 1. The molecule has 1 heterocycles. The molecular weight excluding hydrogens is 300 g/mol. The lowest BCUT2D eigenvalue weighted by molar-refractivity contribution is 0.138. The first-order chi connectivity index (χ1) is 10.0. The number of aromatic hydroxyl groups is 1. The Hall–Kier alpha value is -1.23. The monoisotopic (exact) mass is 326 g/mol. The Morgan fingerprint density at radius 2 is 2.18 bits per heavy atom. The van der Waals surface area contributed by atoms with Gasteiger partial charge in [-0.1, -0.05) is 12.1 Å². The van der Waals surface area contributed by atoms with Gasteiger partial charge in [0, 0.05) is 37.3 Å². The lowest BCUT2D eigenvalue weighted by Crippen LogP contribution is -2.53. The summed E-state index contributed by atoms with van der Waals surface area (Å²) in [6.45, 7) is 11.1. The third kappa shape index (κ3) is 4.38. The van der Waals surface area contributed by atoms with E-state index in [1.807, 2.05) is 6.07 Å². The summed E-state index contributed by atoms with van der Waals surface area (Å²) in [5, 5.41) is 13.6. The SMILES string of the molecule is C=CCc1cc(CN2CC(C)NCC2C)cc(OC)c1O.Cl. The Kier molecular flexibility index (Phi) is 7.20. The predicted octanol–water partition coefficient (Wildman–Crippen LogP) is 2.73. The Morgan fingerprint density at radius 3 is 2.82 bits per heavy atom. The fraction of sp³-hybridized carbons (Fsp3) is 0.529. The fourth-order valence-electron chi connectivity index (χ4n) is 2.84. The van der Waals surface area contributed by atoms with Gasteiger partial charge in [0.15, 0.2) is 11.5 Å². The number of hydrogen-bond donors (Lipinski definition) is 2. The number of hydrogen-bond acceptors (Lipinski definition) is 4. The zero-order valence-corrected chi connectivity index (χ0v) is 14.4. The van der Waals surface area contributed by atoms with Gasteiger partial charge in [-0.2, -0.15) is 0 Å². The first kappa shape index (κ1) is 18.8. The molecule has 0 radical (unpaired) electrons. The van der Waals surface area contributed by atoms with Crippen LogP contribution >= 0.6 is 12.4 Å². The van der Waals surface area contributed by atoms with Gasteiger partial charge in [0.1, 0.15) is 0 Å². The van der Waals surface area contributed by atoms with Crippen LogP contribution in [-0.2, 0) is 13.0 Å². The van der Waals surface area contributed by atoms with Crippen LogP contribution in [-0.4, -0.2) is 42.3 Å². The van der Waals surface area contributed by atoms with Crippen LogP contribution in [0.2, 0.25) is 0 Å². The van der Waals surface area contributed by atoms with Gasteiger partial charge in [-0.25, -0.2) is 0 Å². The molecule has 1 fully saturated rings. The number of nitrogens with zero attached hydrogens (tertiary/aromatic N) is 1. The largest absolute Gasteiger partial charge is 0.504 e. The van der Waals surface area contributed by atoms with E-state index >= 15 is 0 Å². The summed E-state index contributed by atoms with van der Waals surface area (Å²) in [6, 6.07) is 5.00. The van der Waals surface area contributed by atoms with E-state index in [0.717, 1.165) is 25.2 Å². The molecular formula is C17H27ClN2O2. The number of nitrogens with one attached hydrogen (secondary N) is 1. The second-order valence-corrected chi connectivity index (χ2v) is 5.89. The minimum atomic E-state index is 0. The summed E-state index contributed by atoms with van der Waals surface area (Å²) >= 11 is 0. The topological polar surface area (TPSA) is 44.7 Å². The number of rotatable bonds is 5. The number of benzene rings is 1. The summed E-state index contributed by atoms with van der Waals surface area (Å²) in [7, 11) is 1.59. The molecule has 124 valence electrons. The summed E-state index contributed by atoms with van der Waals surface area (Å²) < 4.78 is 5.29. The van der Waals surface area contributed by atoms with Crippen molar-refractivity contribution in [2.45, 2.75) is 38.9 Å². The molecule has 22 heavy (non-hydrogen) atoms. The van der Waals surface area contributed by atoms with Gasteiger partial charge < -0.3 is 15.2 Å². The van der Waals surface area contributed by atoms with E-state index in [1.54, 1.807) is 13.2 Å². The summed E-state index contributed by atoms with van der Waals surface area (Å²) in [5.41, 5.74) is 2.04. The third-order valence-electron chi connectivity index (χ3n) is 4.08. The van der Waals surface area contributed by atoms with Gasteiger partial charge in [-0.05, 0) is 31.9 Å². The normalized spacial score (nSPS) is 22.0. The Morgan fingerprint density at radius 1 is 1.45 bits per heavy atom. The number of allylic oxidation sites excluding steroid dienone is 1. The smallest absolute Gasteiger partial charge is 0.161 e. The molecule has 1 aromatic carbocycles. The standard InChI is InChI=1S/C17H26N2O2.ClH/c1-5-6-15-7-14(8-16(21-4)17(15)20)11-19-10-12(2)18-9-13(19)3;/h5,7-8,12-13,18,20H,1,6,9-11H2,2-4H3;1H. The number of piperazine rings is 1. The molecule has 0 amide bonds. The number of phenols is 1. The van der Waals surface area contributed by atoms with Crippen LogP contribution in [0.5, 0.6) is 11.5 Å². The van der Waals surface area contributed by atoms with Gasteiger partial charge in [-0.3, -0.25) is 4.90 Å². The summed E-state index contributed by atoms with van der Waals surface area (Å²) in [6.07, 6.45) is 2.44. The predicted molar refractivity (Wildman–Crippen MR) is 93.1 cm³/mol. The molecule has 1 saturated heterocycles.